The molecule has 14 nitrogen and oxygen atoms in total. The van der Waals surface area contributed by atoms with Gasteiger partial charge in [0.15, 0.2) is 12.6 Å². The van der Waals surface area contributed by atoms with Crippen LogP contribution in [0.2, 0.25) is 0 Å². The van der Waals surface area contributed by atoms with Gasteiger partial charge in [0.2, 0.25) is 0 Å². The van der Waals surface area contributed by atoms with E-state index < -0.39 is 92.2 Å². The van der Waals surface area contributed by atoms with Crippen LogP contribution in [0.1, 0.15) is 12.8 Å². The van der Waals surface area contributed by atoms with E-state index in [9.17, 15) is 30.6 Å². The van der Waals surface area contributed by atoms with Gasteiger partial charge in [0.25, 0.3) is 0 Å². The number of ether oxygens (including phenoxy) is 4. The van der Waals surface area contributed by atoms with E-state index in [-0.39, 0.29) is 19.4 Å². The zero-order chi connectivity index (χ0) is 23.7. The zero-order valence-corrected chi connectivity index (χ0v) is 17.5. The van der Waals surface area contributed by atoms with Gasteiger partial charge in [0.1, 0.15) is 48.8 Å². The average molecular weight is 469 g/mol. The number of rotatable bonds is 6. The lowest BCUT2D eigenvalue weighted by Crippen LogP contribution is -2.68. The van der Waals surface area contributed by atoms with Gasteiger partial charge >= 0.3 is 0 Å². The molecular weight excluding hydrogens is 432 g/mol. The largest absolute Gasteiger partial charge is 0.394 e. The molecule has 2 heterocycles. The topological polar surface area (TPSA) is 262 Å². The van der Waals surface area contributed by atoms with Gasteiger partial charge in [0.05, 0.1) is 18.8 Å². The number of aliphatic hydroxyl groups excluding tert-OH is 6. The molecule has 188 valence electrons. The van der Waals surface area contributed by atoms with Crippen molar-refractivity contribution >= 4 is 0 Å². The predicted octanol–water partition coefficient (Wildman–Crippen LogP) is -6.26. The summed E-state index contributed by atoms with van der Waals surface area (Å²) in [5.41, 5.74) is 23.8. The Bertz CT molecular complexity index is 606. The molecule has 14 heteroatoms. The number of hydrogen-bond acceptors (Lipinski definition) is 14. The van der Waals surface area contributed by atoms with Gasteiger partial charge in [-0.15, -0.1) is 0 Å². The Morgan fingerprint density at radius 3 is 1.84 bits per heavy atom. The Balaban J connectivity index is 1.70. The van der Waals surface area contributed by atoms with Crippen molar-refractivity contribution < 1.29 is 49.6 Å². The third-order valence-electron chi connectivity index (χ3n) is 6.34. The van der Waals surface area contributed by atoms with Crippen molar-refractivity contribution in [2.75, 3.05) is 13.2 Å². The molecule has 2 saturated heterocycles. The highest BCUT2D eigenvalue weighted by atomic mass is 16.7. The highest BCUT2D eigenvalue weighted by molar-refractivity contribution is 5.01. The van der Waals surface area contributed by atoms with Crippen LogP contribution >= 0.6 is 0 Å². The molecule has 0 aromatic heterocycles. The van der Waals surface area contributed by atoms with Gasteiger partial charge in [0, 0.05) is 25.0 Å². The van der Waals surface area contributed by atoms with Gasteiger partial charge < -0.3 is 72.5 Å². The van der Waals surface area contributed by atoms with Crippen molar-refractivity contribution in [2.24, 2.45) is 22.9 Å². The summed E-state index contributed by atoms with van der Waals surface area (Å²) in [7, 11) is 0. The zero-order valence-electron chi connectivity index (χ0n) is 17.5. The van der Waals surface area contributed by atoms with Gasteiger partial charge in [-0.3, -0.25) is 0 Å². The minimum Gasteiger partial charge on any atom is -0.394 e. The molecule has 0 radical (unpaired) electrons. The second-order valence-electron chi connectivity index (χ2n) is 8.69. The summed E-state index contributed by atoms with van der Waals surface area (Å²) < 4.78 is 22.5. The lowest BCUT2D eigenvalue weighted by molar-refractivity contribution is -0.316. The van der Waals surface area contributed by atoms with Crippen LogP contribution in [0.15, 0.2) is 0 Å². The van der Waals surface area contributed by atoms with Gasteiger partial charge in [-0.05, 0) is 6.42 Å². The molecule has 3 aliphatic rings. The quantitative estimate of drug-likeness (QED) is 0.174. The Labute approximate surface area is 185 Å². The van der Waals surface area contributed by atoms with Gasteiger partial charge in [-0.2, -0.15) is 0 Å². The van der Waals surface area contributed by atoms with Crippen LogP contribution in [0.4, 0.5) is 0 Å². The second-order valence-corrected chi connectivity index (χ2v) is 8.69. The standard InChI is InChI=1S/C18H36N4O10/c19-3-9-12(26)13(27)11(22)18(29-9)32-16-6(21)1-5(20)15(14(16)28)31-17-8(25)2-7(24)10(4-23)30-17/h5-18,23-28H,1-4,19-22H2/t5-,6+,7+,8-,9-,10-,11-,12-,13-,14-,15+,16?,17-,18-/m1/s1. The molecule has 2 aliphatic heterocycles. The lowest BCUT2D eigenvalue weighted by Gasteiger charge is -2.47. The maximum Gasteiger partial charge on any atom is 0.184 e. The van der Waals surface area contributed by atoms with Crippen LogP contribution in [-0.4, -0.2) is 129 Å². The number of nitrogens with two attached hydrogens (primary N) is 4. The first-order valence-corrected chi connectivity index (χ1v) is 10.7. The van der Waals surface area contributed by atoms with E-state index in [1.54, 1.807) is 0 Å². The lowest BCUT2D eigenvalue weighted by atomic mass is 9.84. The van der Waals surface area contributed by atoms with Crippen molar-refractivity contribution in [3.63, 3.8) is 0 Å². The molecule has 0 bridgehead atoms. The fourth-order valence-corrected chi connectivity index (χ4v) is 4.37. The van der Waals surface area contributed by atoms with Crippen LogP contribution in [0.5, 0.6) is 0 Å². The summed E-state index contributed by atoms with van der Waals surface area (Å²) in [4.78, 5) is 0. The predicted molar refractivity (Wildman–Crippen MR) is 106 cm³/mol. The van der Waals surface area contributed by atoms with Crippen LogP contribution in [0.3, 0.4) is 0 Å². The molecule has 0 spiro atoms. The normalized spacial score (nSPS) is 52.7. The van der Waals surface area contributed by atoms with E-state index in [1.807, 2.05) is 0 Å². The number of aliphatic hydroxyl groups is 6. The summed E-state index contributed by atoms with van der Waals surface area (Å²) in [6, 6.07) is -2.64. The highest BCUT2D eigenvalue weighted by Gasteiger charge is 2.50. The molecule has 0 amide bonds. The molecule has 14 N–H and O–H groups in total. The van der Waals surface area contributed by atoms with Crippen molar-refractivity contribution in [3.8, 4) is 0 Å². The van der Waals surface area contributed by atoms with E-state index in [0.717, 1.165) is 0 Å². The van der Waals surface area contributed by atoms with Crippen molar-refractivity contribution in [1.82, 2.24) is 0 Å². The van der Waals surface area contributed by atoms with Crippen LogP contribution in [0, 0.1) is 0 Å². The third-order valence-corrected chi connectivity index (χ3v) is 6.34. The molecule has 32 heavy (non-hydrogen) atoms. The van der Waals surface area contributed by atoms with Crippen molar-refractivity contribution in [2.45, 2.75) is 98.5 Å². The fraction of sp³-hybridized carbons (Fsp3) is 1.00. The molecule has 0 aromatic rings. The maximum absolute atomic E-state index is 10.9. The Hall–Kier alpha value is -0.560. The van der Waals surface area contributed by atoms with E-state index >= 15 is 0 Å². The maximum atomic E-state index is 10.9. The Morgan fingerprint density at radius 1 is 0.719 bits per heavy atom. The van der Waals surface area contributed by atoms with Crippen LogP contribution in [0.25, 0.3) is 0 Å². The van der Waals surface area contributed by atoms with Gasteiger partial charge in [-0.25, -0.2) is 0 Å². The fourth-order valence-electron chi connectivity index (χ4n) is 4.37. The first-order valence-electron chi connectivity index (χ1n) is 10.7. The summed E-state index contributed by atoms with van der Waals surface area (Å²) in [6.07, 6.45) is -12.9. The molecule has 3 rings (SSSR count). The number of hydrogen-bond donors (Lipinski definition) is 10. The summed E-state index contributed by atoms with van der Waals surface area (Å²) >= 11 is 0. The molecule has 14 atom stereocenters. The minimum absolute atomic E-state index is 0.0984. The molecule has 0 aromatic carbocycles. The van der Waals surface area contributed by atoms with Crippen LogP contribution < -0.4 is 22.9 Å². The van der Waals surface area contributed by atoms with E-state index in [4.69, 9.17) is 41.9 Å². The molecule has 1 aliphatic carbocycles. The molecule has 1 saturated carbocycles. The summed E-state index contributed by atoms with van der Waals surface area (Å²) in [6.45, 7) is -0.591. The van der Waals surface area contributed by atoms with E-state index in [1.165, 1.54) is 0 Å². The highest BCUT2D eigenvalue weighted by Crippen LogP contribution is 2.31. The Morgan fingerprint density at radius 2 is 1.28 bits per heavy atom. The second kappa shape index (κ2) is 10.8. The monoisotopic (exact) mass is 468 g/mol. The summed E-state index contributed by atoms with van der Waals surface area (Å²) in [5.74, 6) is 0. The smallest absolute Gasteiger partial charge is 0.184 e. The van der Waals surface area contributed by atoms with Crippen molar-refractivity contribution in [1.29, 1.82) is 0 Å². The molecule has 1 unspecified atom stereocenters. The first kappa shape index (κ1) is 26.1. The third kappa shape index (κ3) is 5.24. The van der Waals surface area contributed by atoms with Crippen molar-refractivity contribution in [3.05, 3.63) is 0 Å². The van der Waals surface area contributed by atoms with E-state index in [2.05, 4.69) is 0 Å². The minimum atomic E-state index is -1.40. The molecule has 3 fully saturated rings. The first-order chi connectivity index (χ1) is 15.1. The summed E-state index contributed by atoms with van der Waals surface area (Å²) in [5, 5.41) is 60.5. The average Bonchev–Trinajstić information content (AvgIpc) is 2.75. The SMILES string of the molecule is NC[C@H]1O[C@H](OC2[C@@H](N)C[C@@H](N)[C@H](O[C@H]3O[C@H](CO)[C@@H](O)C[C@H]3O)[C@H]2O)[C@H](N)[C@@H](O)[C@@H]1O. The van der Waals surface area contributed by atoms with Gasteiger partial charge in [-0.1, -0.05) is 0 Å². The molecular formula is C18H36N4O10. The Kier molecular flexibility index (Phi) is 8.79. The van der Waals surface area contributed by atoms with E-state index in [0.29, 0.717) is 0 Å². The van der Waals surface area contributed by atoms with Crippen LogP contribution in [-0.2, 0) is 18.9 Å².